The standard InChI is InChI=1S/C12H23NO5Si/c1-16-11(14)13(18-12(15)17-2)7-9-6-10(9)8-19(3,4)5/h9-10H,6-8H2,1-5H3/t9-,10-/m0/s1. The zero-order chi connectivity index (χ0) is 14.6. The molecule has 1 fully saturated rings. The minimum atomic E-state index is -1.09. The lowest BCUT2D eigenvalue weighted by molar-refractivity contribution is -0.106. The summed E-state index contributed by atoms with van der Waals surface area (Å²) in [5, 5.41) is 0.945. The van der Waals surface area contributed by atoms with Gasteiger partial charge in [-0.05, 0) is 18.3 Å². The molecule has 1 aliphatic rings. The Bertz CT molecular complexity index is 342. The van der Waals surface area contributed by atoms with Gasteiger partial charge < -0.3 is 14.3 Å². The van der Waals surface area contributed by atoms with E-state index < -0.39 is 20.3 Å². The first-order chi connectivity index (χ1) is 8.76. The Balaban J connectivity index is 2.47. The second-order valence-corrected chi connectivity index (χ2v) is 11.6. The monoisotopic (exact) mass is 289 g/mol. The number of hydroxylamine groups is 2. The maximum absolute atomic E-state index is 11.5. The molecule has 0 aromatic heterocycles. The van der Waals surface area contributed by atoms with Crippen molar-refractivity contribution in [2.24, 2.45) is 11.8 Å². The second kappa shape index (κ2) is 6.27. The fraction of sp³-hybridized carbons (Fsp3) is 0.833. The average Bonchev–Trinajstić information content (AvgIpc) is 3.02. The summed E-state index contributed by atoms with van der Waals surface area (Å²) in [5.41, 5.74) is 0. The lowest BCUT2D eigenvalue weighted by Gasteiger charge is -2.19. The highest BCUT2D eigenvalue weighted by molar-refractivity contribution is 6.76. The number of ether oxygens (including phenoxy) is 2. The summed E-state index contributed by atoms with van der Waals surface area (Å²) >= 11 is 0. The van der Waals surface area contributed by atoms with E-state index in [9.17, 15) is 9.59 Å². The van der Waals surface area contributed by atoms with Crippen LogP contribution in [0.5, 0.6) is 0 Å². The Morgan fingerprint density at radius 2 is 1.79 bits per heavy atom. The number of nitrogens with zero attached hydrogens (tertiary/aromatic N) is 1. The molecule has 1 amide bonds. The van der Waals surface area contributed by atoms with Gasteiger partial charge in [-0.2, -0.15) is 0 Å². The van der Waals surface area contributed by atoms with Gasteiger partial charge in [0, 0.05) is 8.07 Å². The van der Waals surface area contributed by atoms with Crippen LogP contribution in [0.15, 0.2) is 0 Å². The third-order valence-electron chi connectivity index (χ3n) is 3.07. The van der Waals surface area contributed by atoms with Crippen molar-refractivity contribution >= 4 is 20.3 Å². The molecule has 6 nitrogen and oxygen atoms in total. The van der Waals surface area contributed by atoms with Crippen molar-refractivity contribution in [1.29, 1.82) is 0 Å². The highest BCUT2D eigenvalue weighted by Gasteiger charge is 2.42. The van der Waals surface area contributed by atoms with Gasteiger partial charge >= 0.3 is 12.2 Å². The molecule has 0 heterocycles. The van der Waals surface area contributed by atoms with E-state index in [1.54, 1.807) is 0 Å². The van der Waals surface area contributed by atoms with Crippen LogP contribution in [0.25, 0.3) is 0 Å². The normalized spacial score (nSPS) is 21.5. The smallest absolute Gasteiger partial charge is 0.451 e. The van der Waals surface area contributed by atoms with Crippen molar-refractivity contribution in [1.82, 2.24) is 5.06 Å². The molecule has 110 valence electrons. The SMILES string of the molecule is COC(=O)ON(C[C@@H]1C[C@H]1C[Si](C)(C)C)C(=O)OC. The zero-order valence-corrected chi connectivity index (χ0v) is 13.3. The van der Waals surface area contributed by atoms with E-state index in [1.807, 2.05) is 0 Å². The Morgan fingerprint density at radius 1 is 1.16 bits per heavy atom. The largest absolute Gasteiger partial charge is 0.533 e. The number of amides is 1. The molecule has 0 aromatic rings. The van der Waals surface area contributed by atoms with Crippen molar-refractivity contribution in [2.75, 3.05) is 20.8 Å². The number of hydrogen-bond donors (Lipinski definition) is 0. The molecule has 7 heteroatoms. The molecule has 1 rings (SSSR count). The molecule has 1 saturated carbocycles. The predicted octanol–water partition coefficient (Wildman–Crippen LogP) is 2.73. The van der Waals surface area contributed by atoms with E-state index in [2.05, 4.69) is 29.1 Å². The van der Waals surface area contributed by atoms with E-state index in [0.29, 0.717) is 18.4 Å². The van der Waals surface area contributed by atoms with Crippen LogP contribution in [0, 0.1) is 11.8 Å². The van der Waals surface area contributed by atoms with Crippen molar-refractivity contribution in [3.8, 4) is 0 Å². The minimum absolute atomic E-state index is 0.372. The Hall–Kier alpha value is -1.24. The number of carbonyl (C=O) groups excluding carboxylic acids is 2. The molecular weight excluding hydrogens is 266 g/mol. The van der Waals surface area contributed by atoms with E-state index >= 15 is 0 Å². The highest BCUT2D eigenvalue weighted by Crippen LogP contribution is 2.44. The van der Waals surface area contributed by atoms with Gasteiger partial charge in [-0.25, -0.2) is 9.59 Å². The molecule has 0 radical (unpaired) electrons. The quantitative estimate of drug-likeness (QED) is 0.452. The molecule has 0 bridgehead atoms. The highest BCUT2D eigenvalue weighted by atomic mass is 28.3. The van der Waals surface area contributed by atoms with Crippen molar-refractivity contribution in [3.63, 3.8) is 0 Å². The Kier molecular flexibility index (Phi) is 5.22. The molecule has 0 spiro atoms. The van der Waals surface area contributed by atoms with Crippen LogP contribution in [0.4, 0.5) is 9.59 Å². The van der Waals surface area contributed by atoms with Gasteiger partial charge in [0.05, 0.1) is 20.8 Å². The predicted molar refractivity (Wildman–Crippen MR) is 72.4 cm³/mol. The average molecular weight is 289 g/mol. The molecule has 0 aliphatic heterocycles. The van der Waals surface area contributed by atoms with E-state index in [1.165, 1.54) is 20.3 Å². The summed E-state index contributed by atoms with van der Waals surface area (Å²) in [4.78, 5) is 27.4. The third-order valence-corrected chi connectivity index (χ3v) is 4.82. The number of rotatable bonds is 4. The first kappa shape index (κ1) is 15.8. The van der Waals surface area contributed by atoms with Crippen LogP contribution in [-0.2, 0) is 14.3 Å². The molecular formula is C12H23NO5Si. The van der Waals surface area contributed by atoms with Crippen molar-refractivity contribution < 1.29 is 23.9 Å². The van der Waals surface area contributed by atoms with Gasteiger partial charge in [0.15, 0.2) is 0 Å². The topological polar surface area (TPSA) is 65.1 Å². The molecule has 0 saturated heterocycles. The fourth-order valence-corrected chi connectivity index (χ4v) is 4.23. The van der Waals surface area contributed by atoms with E-state index in [4.69, 9.17) is 4.84 Å². The van der Waals surface area contributed by atoms with Crippen LogP contribution >= 0.6 is 0 Å². The first-order valence-electron chi connectivity index (χ1n) is 6.38. The lowest BCUT2D eigenvalue weighted by Crippen LogP contribution is -2.35. The summed E-state index contributed by atoms with van der Waals surface area (Å²) in [5.74, 6) is 1.01. The summed E-state index contributed by atoms with van der Waals surface area (Å²) in [7, 11) is 1.36. The van der Waals surface area contributed by atoms with Crippen LogP contribution in [0.2, 0.25) is 25.7 Å². The molecule has 0 aromatic carbocycles. The maximum Gasteiger partial charge on any atom is 0.533 e. The van der Waals surface area contributed by atoms with Crippen molar-refractivity contribution in [2.45, 2.75) is 32.1 Å². The molecule has 2 atom stereocenters. The van der Waals surface area contributed by atoms with Gasteiger partial charge in [-0.1, -0.05) is 25.7 Å². The molecule has 1 aliphatic carbocycles. The molecule has 0 unspecified atom stereocenters. The van der Waals surface area contributed by atoms with Crippen LogP contribution in [-0.4, -0.2) is 46.2 Å². The zero-order valence-electron chi connectivity index (χ0n) is 12.3. The van der Waals surface area contributed by atoms with E-state index in [-0.39, 0.29) is 0 Å². The fourth-order valence-electron chi connectivity index (χ4n) is 2.16. The number of hydrogen-bond acceptors (Lipinski definition) is 5. The minimum Gasteiger partial charge on any atom is -0.451 e. The van der Waals surface area contributed by atoms with Gasteiger partial charge in [0.1, 0.15) is 0 Å². The molecule has 19 heavy (non-hydrogen) atoms. The van der Waals surface area contributed by atoms with Crippen molar-refractivity contribution in [3.05, 3.63) is 0 Å². The van der Waals surface area contributed by atoms with Gasteiger partial charge in [-0.3, -0.25) is 0 Å². The lowest BCUT2D eigenvalue weighted by atomic mass is 10.3. The van der Waals surface area contributed by atoms with Gasteiger partial charge in [-0.15, -0.1) is 5.06 Å². The Morgan fingerprint density at radius 3 is 2.26 bits per heavy atom. The third kappa shape index (κ3) is 5.50. The maximum atomic E-state index is 11.5. The van der Waals surface area contributed by atoms with Crippen LogP contribution in [0.1, 0.15) is 6.42 Å². The van der Waals surface area contributed by atoms with E-state index in [0.717, 1.165) is 11.5 Å². The summed E-state index contributed by atoms with van der Waals surface area (Å²) in [6, 6.07) is 1.23. The van der Waals surface area contributed by atoms with Crippen LogP contribution < -0.4 is 0 Å². The second-order valence-electron chi connectivity index (χ2n) is 6.10. The van der Waals surface area contributed by atoms with Gasteiger partial charge in [0.2, 0.25) is 0 Å². The Labute approximate surface area is 115 Å². The summed E-state index contributed by atoms with van der Waals surface area (Å²) in [6.07, 6.45) is -0.515. The number of methoxy groups -OCH3 is 2. The summed E-state index contributed by atoms with van der Waals surface area (Å²) in [6.45, 7) is 7.35. The van der Waals surface area contributed by atoms with Gasteiger partial charge in [0.25, 0.3) is 0 Å². The molecule has 0 N–H and O–H groups in total. The number of carbonyl (C=O) groups is 2. The first-order valence-corrected chi connectivity index (χ1v) is 10.1. The van der Waals surface area contributed by atoms with Crippen LogP contribution in [0.3, 0.4) is 0 Å². The summed E-state index contributed by atoms with van der Waals surface area (Å²) < 4.78 is 8.97.